The Hall–Kier alpha value is -0.820. The number of amides is 1. The van der Waals surface area contributed by atoms with Gasteiger partial charge < -0.3 is 15.8 Å². The Kier molecular flexibility index (Phi) is 5.20. The first kappa shape index (κ1) is 16.2. The Morgan fingerprint density at radius 2 is 1.79 bits per heavy atom. The fourth-order valence-corrected chi connectivity index (χ4v) is 3.44. The minimum atomic E-state index is -3.17. The Bertz CT molecular complexity index is 406. The molecule has 0 radical (unpaired) electrons. The Balaban J connectivity index is 2.41. The average Bonchev–Trinajstić information content (AvgIpc) is 2.27. The molecule has 0 spiro atoms. The standard InChI is InChI=1S/C12H24N2O4S/c1-12(2,3)18-11(15)14-9-4-6-10(7-5-9)19(16,17)8-13/h9-10H,4-8,13H2,1-3H3,(H,14,15). The smallest absolute Gasteiger partial charge is 0.407 e. The van der Waals surface area contributed by atoms with Crippen LogP contribution in [-0.2, 0) is 14.6 Å². The van der Waals surface area contributed by atoms with Gasteiger partial charge in [0.05, 0.1) is 11.1 Å². The summed E-state index contributed by atoms with van der Waals surface area (Å²) in [6, 6.07) is -0.0147. The van der Waals surface area contributed by atoms with Crippen LogP contribution < -0.4 is 11.1 Å². The number of carbonyl (C=O) groups excluding carboxylic acids is 1. The molecule has 0 aromatic heterocycles. The lowest BCUT2D eigenvalue weighted by molar-refractivity contribution is 0.0493. The van der Waals surface area contributed by atoms with Crippen LogP contribution in [0.25, 0.3) is 0 Å². The third-order valence-corrected chi connectivity index (χ3v) is 5.09. The normalized spacial score (nSPS) is 24.8. The van der Waals surface area contributed by atoms with E-state index in [0.717, 1.165) is 0 Å². The molecule has 7 heteroatoms. The largest absolute Gasteiger partial charge is 0.444 e. The summed E-state index contributed by atoms with van der Waals surface area (Å²) < 4.78 is 28.4. The van der Waals surface area contributed by atoms with Crippen molar-refractivity contribution in [3.05, 3.63) is 0 Å². The first-order valence-electron chi connectivity index (χ1n) is 6.55. The van der Waals surface area contributed by atoms with Crippen molar-refractivity contribution >= 4 is 15.9 Å². The van der Waals surface area contributed by atoms with Crippen LogP contribution in [0.15, 0.2) is 0 Å². The minimum Gasteiger partial charge on any atom is -0.444 e. The maximum atomic E-state index is 11.6. The van der Waals surface area contributed by atoms with E-state index in [9.17, 15) is 13.2 Å². The Labute approximate surface area is 115 Å². The van der Waals surface area contributed by atoms with E-state index in [1.807, 2.05) is 0 Å². The predicted octanol–water partition coefficient (Wildman–Crippen LogP) is 1.15. The summed E-state index contributed by atoms with van der Waals surface area (Å²) in [4.78, 5) is 11.6. The number of rotatable bonds is 3. The summed E-state index contributed by atoms with van der Waals surface area (Å²) in [5.41, 5.74) is 4.72. The van der Waals surface area contributed by atoms with Crippen LogP contribution in [0.3, 0.4) is 0 Å². The number of nitrogens with one attached hydrogen (secondary N) is 1. The fourth-order valence-electron chi connectivity index (χ4n) is 2.18. The van der Waals surface area contributed by atoms with E-state index < -0.39 is 21.5 Å². The van der Waals surface area contributed by atoms with Gasteiger partial charge in [0.2, 0.25) is 0 Å². The van der Waals surface area contributed by atoms with Crippen LogP contribution in [0, 0.1) is 0 Å². The van der Waals surface area contributed by atoms with Crippen molar-refractivity contribution in [3.63, 3.8) is 0 Å². The van der Waals surface area contributed by atoms with Crippen LogP contribution in [0.5, 0.6) is 0 Å². The summed E-state index contributed by atoms with van der Waals surface area (Å²) in [6.07, 6.45) is 1.92. The van der Waals surface area contributed by atoms with E-state index in [1.54, 1.807) is 20.8 Å². The lowest BCUT2D eigenvalue weighted by Gasteiger charge is -2.29. The molecule has 1 saturated carbocycles. The van der Waals surface area contributed by atoms with Gasteiger partial charge in [0.25, 0.3) is 0 Å². The molecular formula is C12H24N2O4S. The van der Waals surface area contributed by atoms with Crippen LogP contribution in [-0.4, -0.2) is 37.3 Å². The Morgan fingerprint density at radius 1 is 1.26 bits per heavy atom. The third kappa shape index (κ3) is 5.36. The first-order valence-corrected chi connectivity index (χ1v) is 8.27. The number of alkyl carbamates (subject to hydrolysis) is 1. The molecule has 112 valence electrons. The summed E-state index contributed by atoms with van der Waals surface area (Å²) in [5.74, 6) is -0.304. The van der Waals surface area contributed by atoms with Crippen LogP contribution in [0.4, 0.5) is 4.79 Å². The lowest BCUT2D eigenvalue weighted by atomic mass is 9.95. The van der Waals surface area contributed by atoms with Crippen LogP contribution >= 0.6 is 0 Å². The summed E-state index contributed by atoms with van der Waals surface area (Å²) in [7, 11) is -3.17. The highest BCUT2D eigenvalue weighted by molar-refractivity contribution is 7.91. The maximum Gasteiger partial charge on any atom is 0.407 e. The highest BCUT2D eigenvalue weighted by Gasteiger charge is 2.31. The second-order valence-corrected chi connectivity index (χ2v) is 8.28. The lowest BCUT2D eigenvalue weighted by Crippen LogP contribution is -2.43. The van der Waals surface area contributed by atoms with Gasteiger partial charge in [-0.15, -0.1) is 0 Å². The van der Waals surface area contributed by atoms with E-state index >= 15 is 0 Å². The van der Waals surface area contributed by atoms with Gasteiger partial charge in [0, 0.05) is 6.04 Å². The quantitative estimate of drug-likeness (QED) is 0.813. The molecule has 3 N–H and O–H groups in total. The molecule has 6 nitrogen and oxygen atoms in total. The third-order valence-electron chi connectivity index (χ3n) is 3.14. The van der Waals surface area contributed by atoms with Crippen molar-refractivity contribution in [2.24, 2.45) is 5.73 Å². The molecule has 0 heterocycles. The van der Waals surface area contributed by atoms with Gasteiger partial charge in [-0.25, -0.2) is 13.2 Å². The predicted molar refractivity (Wildman–Crippen MR) is 73.4 cm³/mol. The number of nitrogens with two attached hydrogens (primary N) is 1. The van der Waals surface area contributed by atoms with Gasteiger partial charge in [-0.2, -0.15) is 0 Å². The second kappa shape index (κ2) is 6.09. The van der Waals surface area contributed by atoms with Crippen molar-refractivity contribution in [1.82, 2.24) is 5.32 Å². The SMILES string of the molecule is CC(C)(C)OC(=O)NC1CCC(S(=O)(=O)CN)CC1. The molecule has 0 saturated heterocycles. The van der Waals surface area contributed by atoms with Gasteiger partial charge in [-0.1, -0.05) is 0 Å². The minimum absolute atomic E-state index is 0.0147. The molecule has 1 aliphatic carbocycles. The summed E-state index contributed by atoms with van der Waals surface area (Å²) >= 11 is 0. The molecule has 1 fully saturated rings. The van der Waals surface area contributed by atoms with Crippen molar-refractivity contribution in [2.75, 3.05) is 5.88 Å². The van der Waals surface area contributed by atoms with Gasteiger partial charge in [0.1, 0.15) is 5.60 Å². The summed E-state index contributed by atoms with van der Waals surface area (Å²) in [5, 5.41) is 2.41. The second-order valence-electron chi connectivity index (χ2n) is 5.95. The van der Waals surface area contributed by atoms with E-state index in [4.69, 9.17) is 10.5 Å². The maximum absolute atomic E-state index is 11.6. The molecule has 1 rings (SSSR count). The van der Waals surface area contributed by atoms with E-state index in [-0.39, 0.29) is 17.2 Å². The zero-order valence-electron chi connectivity index (χ0n) is 11.8. The number of sulfone groups is 1. The van der Waals surface area contributed by atoms with Crippen LogP contribution in [0.2, 0.25) is 0 Å². The monoisotopic (exact) mass is 292 g/mol. The van der Waals surface area contributed by atoms with Gasteiger partial charge >= 0.3 is 6.09 Å². The average molecular weight is 292 g/mol. The van der Waals surface area contributed by atoms with Gasteiger partial charge in [-0.3, -0.25) is 0 Å². The van der Waals surface area contributed by atoms with Gasteiger partial charge in [-0.05, 0) is 46.5 Å². The van der Waals surface area contributed by atoms with Crippen molar-refractivity contribution in [1.29, 1.82) is 0 Å². The van der Waals surface area contributed by atoms with E-state index in [1.165, 1.54) is 0 Å². The molecule has 19 heavy (non-hydrogen) atoms. The number of hydrogen-bond donors (Lipinski definition) is 2. The van der Waals surface area contributed by atoms with Gasteiger partial charge in [0.15, 0.2) is 9.84 Å². The molecule has 0 aromatic carbocycles. The van der Waals surface area contributed by atoms with E-state index in [2.05, 4.69) is 5.32 Å². The van der Waals surface area contributed by atoms with E-state index in [0.29, 0.717) is 25.7 Å². The molecule has 0 atom stereocenters. The van der Waals surface area contributed by atoms with Crippen molar-refractivity contribution in [3.8, 4) is 0 Å². The molecule has 0 aromatic rings. The molecule has 0 aliphatic heterocycles. The topological polar surface area (TPSA) is 98.5 Å². The first-order chi connectivity index (χ1) is 8.64. The molecule has 1 amide bonds. The highest BCUT2D eigenvalue weighted by Crippen LogP contribution is 2.24. The Morgan fingerprint density at radius 3 is 2.21 bits per heavy atom. The molecular weight excluding hydrogens is 268 g/mol. The fraction of sp³-hybridized carbons (Fsp3) is 0.917. The van der Waals surface area contributed by atoms with Crippen molar-refractivity contribution in [2.45, 2.75) is 63.3 Å². The number of ether oxygens (including phenoxy) is 1. The molecule has 0 bridgehead atoms. The van der Waals surface area contributed by atoms with Crippen molar-refractivity contribution < 1.29 is 17.9 Å². The molecule has 0 unspecified atom stereocenters. The molecule has 1 aliphatic rings. The number of carbonyl (C=O) groups is 1. The highest BCUT2D eigenvalue weighted by atomic mass is 32.2. The zero-order chi connectivity index (χ0) is 14.7. The zero-order valence-corrected chi connectivity index (χ0v) is 12.6. The number of hydrogen-bond acceptors (Lipinski definition) is 5. The summed E-state index contributed by atoms with van der Waals surface area (Å²) in [6.45, 7) is 5.41. The van der Waals surface area contributed by atoms with Crippen LogP contribution in [0.1, 0.15) is 46.5 Å².